The number of anilines is 1. The number of hydrogen-bond acceptors (Lipinski definition) is 10. The van der Waals surface area contributed by atoms with Crippen molar-refractivity contribution in [3.8, 4) is 0 Å². The number of ether oxygens (including phenoxy) is 2. The molecule has 1 fully saturated rings. The third-order valence-corrected chi connectivity index (χ3v) is 3.83. The number of aliphatic hydroxyl groups is 3. The average molecular weight is 359 g/mol. The Morgan fingerprint density at radius 1 is 1.24 bits per heavy atom. The molecule has 5 atom stereocenters. The molecule has 2 rings (SSSR count). The maximum absolute atomic E-state index is 11.2. The zero-order chi connectivity index (χ0) is 18.7. The number of nitrogens with zero attached hydrogens (tertiary/aromatic N) is 2. The summed E-state index contributed by atoms with van der Waals surface area (Å²) in [6, 6.07) is 1.72. The van der Waals surface area contributed by atoms with Crippen LogP contribution in [0.25, 0.3) is 0 Å². The molecule has 0 bridgehead atoms. The van der Waals surface area contributed by atoms with Crippen molar-refractivity contribution in [1.82, 2.24) is 0 Å². The van der Waals surface area contributed by atoms with E-state index in [1.165, 1.54) is 7.11 Å². The van der Waals surface area contributed by atoms with Crippen LogP contribution in [0.15, 0.2) is 18.2 Å². The van der Waals surface area contributed by atoms with E-state index in [0.717, 1.165) is 18.2 Å². The fraction of sp³-hybridized carbons (Fsp3) is 0.538. The van der Waals surface area contributed by atoms with E-state index in [2.05, 4.69) is 5.32 Å². The summed E-state index contributed by atoms with van der Waals surface area (Å²) in [5, 5.41) is 54.2. The van der Waals surface area contributed by atoms with E-state index in [9.17, 15) is 35.5 Å². The van der Waals surface area contributed by atoms with Crippen molar-refractivity contribution in [3.63, 3.8) is 0 Å². The number of hydrogen-bond donors (Lipinski definition) is 4. The fourth-order valence-electron chi connectivity index (χ4n) is 2.54. The normalized spacial score (nSPS) is 29.2. The Hall–Kier alpha value is -2.38. The van der Waals surface area contributed by atoms with Gasteiger partial charge in [0.1, 0.15) is 24.0 Å². The molecular weight excluding hydrogens is 342 g/mol. The van der Waals surface area contributed by atoms with Crippen LogP contribution in [-0.4, -0.2) is 69.5 Å². The molecule has 25 heavy (non-hydrogen) atoms. The molecule has 0 spiro atoms. The van der Waals surface area contributed by atoms with Crippen molar-refractivity contribution in [2.24, 2.45) is 0 Å². The lowest BCUT2D eigenvalue weighted by Crippen LogP contribution is -2.61. The number of methoxy groups -OCH3 is 1. The molecule has 0 amide bonds. The van der Waals surface area contributed by atoms with Crippen molar-refractivity contribution in [3.05, 3.63) is 38.4 Å². The van der Waals surface area contributed by atoms with E-state index < -0.39 is 58.5 Å². The Kier molecular flexibility index (Phi) is 5.81. The molecule has 0 saturated carbocycles. The molecule has 0 radical (unpaired) electrons. The second-order valence-electron chi connectivity index (χ2n) is 5.33. The maximum Gasteiger partial charge on any atom is 0.299 e. The van der Waals surface area contributed by atoms with Gasteiger partial charge in [-0.3, -0.25) is 20.2 Å². The van der Waals surface area contributed by atoms with Crippen LogP contribution < -0.4 is 5.32 Å². The highest BCUT2D eigenvalue weighted by atomic mass is 16.7. The molecule has 1 saturated heterocycles. The van der Waals surface area contributed by atoms with Crippen LogP contribution in [0.1, 0.15) is 0 Å². The number of non-ortho nitro benzene ring substituents is 1. The van der Waals surface area contributed by atoms with Crippen molar-refractivity contribution in [1.29, 1.82) is 0 Å². The Balaban J connectivity index is 2.35. The van der Waals surface area contributed by atoms with E-state index in [-0.39, 0.29) is 5.69 Å². The quantitative estimate of drug-likeness (QED) is 0.377. The SMILES string of the molecule is CO[C@@H]1O[C@@H](CO)[C@@H](O)[C@@H](Nc2ccc([N+](=O)[O-])cc2[N+](=O)[O-])[C@H]1O. The average Bonchev–Trinajstić information content (AvgIpc) is 2.58. The van der Waals surface area contributed by atoms with Crippen LogP contribution in [0, 0.1) is 20.2 Å². The molecule has 0 unspecified atom stereocenters. The molecule has 1 aromatic rings. The van der Waals surface area contributed by atoms with Gasteiger partial charge < -0.3 is 30.1 Å². The molecule has 1 aliphatic rings. The van der Waals surface area contributed by atoms with E-state index in [1.807, 2.05) is 0 Å². The van der Waals surface area contributed by atoms with Crippen molar-refractivity contribution in [2.75, 3.05) is 19.0 Å². The summed E-state index contributed by atoms with van der Waals surface area (Å²) >= 11 is 0. The smallest absolute Gasteiger partial charge is 0.299 e. The van der Waals surface area contributed by atoms with E-state index >= 15 is 0 Å². The van der Waals surface area contributed by atoms with Crippen molar-refractivity contribution in [2.45, 2.75) is 30.6 Å². The monoisotopic (exact) mass is 359 g/mol. The Morgan fingerprint density at radius 2 is 1.92 bits per heavy atom. The molecule has 1 heterocycles. The highest BCUT2D eigenvalue weighted by Gasteiger charge is 2.45. The molecule has 1 aromatic carbocycles. The summed E-state index contributed by atoms with van der Waals surface area (Å²) in [6.45, 7) is -0.575. The predicted octanol–water partition coefficient (Wildman–Crippen LogP) is -0.631. The van der Waals surface area contributed by atoms with Gasteiger partial charge in [0, 0.05) is 13.2 Å². The lowest BCUT2D eigenvalue weighted by molar-refractivity contribution is -0.393. The fourth-order valence-corrected chi connectivity index (χ4v) is 2.54. The Bertz CT molecular complexity index is 640. The van der Waals surface area contributed by atoms with Crippen LogP contribution in [0.4, 0.5) is 17.1 Å². The lowest BCUT2D eigenvalue weighted by Gasteiger charge is -2.42. The molecule has 138 valence electrons. The van der Waals surface area contributed by atoms with Crippen LogP contribution >= 0.6 is 0 Å². The highest BCUT2D eigenvalue weighted by molar-refractivity contribution is 5.66. The maximum atomic E-state index is 11.2. The van der Waals surface area contributed by atoms with Crippen LogP contribution in [0.2, 0.25) is 0 Å². The second-order valence-corrected chi connectivity index (χ2v) is 5.33. The minimum absolute atomic E-state index is 0.146. The van der Waals surface area contributed by atoms with Crippen molar-refractivity contribution < 1.29 is 34.6 Å². The second kappa shape index (κ2) is 7.67. The Morgan fingerprint density at radius 3 is 2.44 bits per heavy atom. The van der Waals surface area contributed by atoms with Gasteiger partial charge in [-0.25, -0.2) is 0 Å². The topological polar surface area (TPSA) is 177 Å². The third kappa shape index (κ3) is 3.83. The summed E-state index contributed by atoms with van der Waals surface area (Å²) in [5.41, 5.74) is -1.23. The first-order valence-electron chi connectivity index (χ1n) is 7.14. The first-order valence-corrected chi connectivity index (χ1v) is 7.14. The van der Waals surface area contributed by atoms with Crippen LogP contribution in [0.3, 0.4) is 0 Å². The summed E-state index contributed by atoms with van der Waals surface area (Å²) in [6.07, 6.45) is -5.11. The first-order chi connectivity index (χ1) is 11.8. The van der Waals surface area contributed by atoms with Crippen molar-refractivity contribution >= 4 is 17.1 Å². The highest BCUT2D eigenvalue weighted by Crippen LogP contribution is 2.32. The lowest BCUT2D eigenvalue weighted by atomic mass is 9.95. The minimum Gasteiger partial charge on any atom is -0.394 e. The van der Waals surface area contributed by atoms with Gasteiger partial charge in [0.2, 0.25) is 0 Å². The number of nitrogens with one attached hydrogen (secondary N) is 1. The molecule has 0 aromatic heterocycles. The number of nitro benzene ring substituents is 2. The summed E-state index contributed by atoms with van der Waals surface area (Å²) in [4.78, 5) is 20.3. The number of nitro groups is 2. The minimum atomic E-state index is -1.42. The molecule has 12 heteroatoms. The molecule has 0 aliphatic carbocycles. The number of benzene rings is 1. The van der Waals surface area contributed by atoms with Crippen LogP contribution in [0.5, 0.6) is 0 Å². The van der Waals surface area contributed by atoms with Gasteiger partial charge >= 0.3 is 0 Å². The first kappa shape index (κ1) is 19.0. The van der Waals surface area contributed by atoms with Gasteiger partial charge in [-0.2, -0.15) is 0 Å². The van der Waals surface area contributed by atoms with Gasteiger partial charge in [-0.05, 0) is 6.07 Å². The Labute approximate surface area is 140 Å². The zero-order valence-electron chi connectivity index (χ0n) is 13.0. The van der Waals surface area contributed by atoms with E-state index in [1.54, 1.807) is 0 Å². The predicted molar refractivity (Wildman–Crippen MR) is 81.9 cm³/mol. The molecule has 12 nitrogen and oxygen atoms in total. The van der Waals surface area contributed by atoms with Crippen LogP contribution in [-0.2, 0) is 9.47 Å². The van der Waals surface area contributed by atoms with Gasteiger partial charge in [0.05, 0.1) is 28.6 Å². The van der Waals surface area contributed by atoms with Gasteiger partial charge in [0.15, 0.2) is 6.29 Å². The van der Waals surface area contributed by atoms with Gasteiger partial charge in [-0.1, -0.05) is 0 Å². The summed E-state index contributed by atoms with van der Waals surface area (Å²) in [7, 11) is 1.24. The van der Waals surface area contributed by atoms with E-state index in [0.29, 0.717) is 0 Å². The zero-order valence-corrected chi connectivity index (χ0v) is 13.0. The van der Waals surface area contributed by atoms with E-state index in [4.69, 9.17) is 9.47 Å². The molecular formula is C13H17N3O9. The molecule has 4 N–H and O–H groups in total. The number of rotatable bonds is 6. The standard InChI is InChI=1S/C13H17N3O9/c1-24-13-12(19)10(11(18)9(5-17)25-13)14-7-3-2-6(15(20)21)4-8(7)16(22)23/h2-4,9-14,17-19H,5H2,1H3/t9-,10+,11+,12+,13+/m0/s1. The largest absolute Gasteiger partial charge is 0.394 e. The number of aliphatic hydroxyl groups excluding tert-OH is 3. The third-order valence-electron chi connectivity index (χ3n) is 3.83. The summed E-state index contributed by atoms with van der Waals surface area (Å²) in [5.74, 6) is 0. The summed E-state index contributed by atoms with van der Waals surface area (Å²) < 4.78 is 10.1. The molecule has 1 aliphatic heterocycles. The van der Waals surface area contributed by atoms with Gasteiger partial charge in [0.25, 0.3) is 11.4 Å². The van der Waals surface area contributed by atoms with Gasteiger partial charge in [-0.15, -0.1) is 0 Å².